The van der Waals surface area contributed by atoms with E-state index in [9.17, 15) is 19.5 Å². The quantitative estimate of drug-likeness (QED) is 0.361. The third-order valence-electron chi connectivity index (χ3n) is 4.87. The number of carbonyl (C=O) groups excluding carboxylic acids is 3. The van der Waals surface area contributed by atoms with Gasteiger partial charge in [0.1, 0.15) is 6.04 Å². The van der Waals surface area contributed by atoms with Gasteiger partial charge in [0.05, 0.1) is 6.10 Å². The topological polar surface area (TPSA) is 111 Å². The van der Waals surface area contributed by atoms with E-state index < -0.39 is 11.9 Å². The molecule has 2 aliphatic rings. The zero-order chi connectivity index (χ0) is 19.4. The van der Waals surface area contributed by atoms with Crippen molar-refractivity contribution in [2.24, 2.45) is 0 Å². The lowest BCUT2D eigenvalue weighted by molar-refractivity contribution is -0.136. The van der Waals surface area contributed by atoms with Crippen molar-refractivity contribution < 1.29 is 19.5 Å². The number of aliphatic hydroxyl groups excluding tert-OH is 1. The third-order valence-corrected chi connectivity index (χ3v) is 4.87. The van der Waals surface area contributed by atoms with E-state index in [0.717, 1.165) is 17.7 Å². The summed E-state index contributed by atoms with van der Waals surface area (Å²) in [6.45, 7) is 4.64. The molecule has 3 amide bonds. The molecule has 0 radical (unpaired) electrons. The van der Waals surface area contributed by atoms with Crippen molar-refractivity contribution in [3.63, 3.8) is 0 Å². The van der Waals surface area contributed by atoms with Gasteiger partial charge in [0.2, 0.25) is 11.8 Å². The molecule has 3 rings (SSSR count). The molecule has 0 aromatic heterocycles. The number of aliphatic hydroxyl groups is 1. The largest absolute Gasteiger partial charge is 0.392 e. The Morgan fingerprint density at radius 1 is 1.26 bits per heavy atom. The van der Waals surface area contributed by atoms with E-state index in [1.54, 1.807) is 11.8 Å². The molecule has 1 saturated heterocycles. The summed E-state index contributed by atoms with van der Waals surface area (Å²) < 4.78 is 0. The molecule has 1 aromatic rings. The van der Waals surface area contributed by atoms with Crippen LogP contribution in [0.5, 0.6) is 0 Å². The predicted octanol–water partition coefficient (Wildman–Crippen LogP) is -0.492. The number of benzene rings is 1. The predicted molar refractivity (Wildman–Crippen MR) is 98.7 cm³/mol. The fraction of sp³-hybridized carbons (Fsp3) is 0.526. The maximum atomic E-state index is 12.9. The molecule has 1 fully saturated rings. The number of imide groups is 1. The summed E-state index contributed by atoms with van der Waals surface area (Å²) in [5.74, 6) is -0.824. The van der Waals surface area contributed by atoms with Gasteiger partial charge < -0.3 is 20.6 Å². The average molecular weight is 374 g/mol. The molecular weight excluding hydrogens is 348 g/mol. The Morgan fingerprint density at radius 3 is 2.78 bits per heavy atom. The number of piperidine rings is 1. The van der Waals surface area contributed by atoms with E-state index in [2.05, 4.69) is 16.0 Å². The summed E-state index contributed by atoms with van der Waals surface area (Å²) in [6.07, 6.45) is 0.246. The molecular formula is C19H26N4O4. The number of carbonyl (C=O) groups is 3. The molecule has 2 heterocycles. The number of rotatable bonds is 8. The second kappa shape index (κ2) is 8.60. The third kappa shape index (κ3) is 4.52. The molecule has 1 aromatic carbocycles. The normalized spacial score (nSPS) is 20.6. The highest BCUT2D eigenvalue weighted by atomic mass is 16.3. The summed E-state index contributed by atoms with van der Waals surface area (Å²) in [4.78, 5) is 38.0. The zero-order valence-electron chi connectivity index (χ0n) is 15.5. The van der Waals surface area contributed by atoms with Crippen molar-refractivity contribution in [2.75, 3.05) is 19.6 Å². The highest BCUT2D eigenvalue weighted by Gasteiger charge is 2.39. The second-order valence-corrected chi connectivity index (χ2v) is 7.08. The minimum atomic E-state index is -0.590. The fourth-order valence-corrected chi connectivity index (χ4v) is 3.55. The van der Waals surface area contributed by atoms with Crippen LogP contribution in [0.4, 0.5) is 0 Å². The van der Waals surface area contributed by atoms with Crippen molar-refractivity contribution in [3.05, 3.63) is 34.9 Å². The van der Waals surface area contributed by atoms with E-state index in [4.69, 9.17) is 0 Å². The highest BCUT2D eigenvalue weighted by molar-refractivity contribution is 6.05. The molecule has 27 heavy (non-hydrogen) atoms. The van der Waals surface area contributed by atoms with Crippen molar-refractivity contribution in [1.82, 2.24) is 20.9 Å². The standard InChI is InChI=1S/C19H26N4O4/c1-12(24)9-20-7-8-21-10-13-3-2-4-14-11-23(19(27)17(13)14)15-5-6-16(25)22-18(15)26/h2-4,12,15,20-21,24H,5-11H2,1H3,(H,22,25,26). The molecule has 0 spiro atoms. The van der Waals surface area contributed by atoms with Gasteiger partial charge in [-0.3, -0.25) is 19.7 Å². The maximum Gasteiger partial charge on any atom is 0.255 e. The van der Waals surface area contributed by atoms with Crippen LogP contribution in [-0.4, -0.2) is 59.5 Å². The first kappa shape index (κ1) is 19.5. The van der Waals surface area contributed by atoms with E-state index in [1.807, 2.05) is 18.2 Å². The number of hydrogen-bond donors (Lipinski definition) is 4. The number of amides is 3. The van der Waals surface area contributed by atoms with E-state index in [1.165, 1.54) is 0 Å². The van der Waals surface area contributed by atoms with Gasteiger partial charge in [0.25, 0.3) is 5.91 Å². The lowest BCUT2D eigenvalue weighted by atomic mass is 10.0. The minimum Gasteiger partial charge on any atom is -0.392 e. The van der Waals surface area contributed by atoms with E-state index >= 15 is 0 Å². The lowest BCUT2D eigenvalue weighted by Crippen LogP contribution is -2.52. The Bertz CT molecular complexity index is 734. The summed E-state index contributed by atoms with van der Waals surface area (Å²) in [7, 11) is 0. The van der Waals surface area contributed by atoms with Crippen LogP contribution in [0.2, 0.25) is 0 Å². The first-order chi connectivity index (χ1) is 13.0. The molecule has 8 heteroatoms. The SMILES string of the molecule is CC(O)CNCCNCc1cccc2c1C(=O)N(C1CCC(=O)NC1=O)C2. The second-order valence-electron chi connectivity index (χ2n) is 7.08. The molecule has 2 atom stereocenters. The highest BCUT2D eigenvalue weighted by Crippen LogP contribution is 2.29. The number of nitrogens with one attached hydrogen (secondary N) is 3. The summed E-state index contributed by atoms with van der Waals surface area (Å²) >= 11 is 0. The Hall–Kier alpha value is -2.29. The smallest absolute Gasteiger partial charge is 0.255 e. The number of fused-ring (bicyclic) bond motifs is 1. The van der Waals surface area contributed by atoms with Gasteiger partial charge in [0.15, 0.2) is 0 Å². The number of nitrogens with zero attached hydrogens (tertiary/aromatic N) is 1. The molecule has 0 saturated carbocycles. The molecule has 0 aliphatic carbocycles. The fourth-order valence-electron chi connectivity index (χ4n) is 3.55. The summed E-state index contributed by atoms with van der Waals surface area (Å²) in [5.41, 5.74) is 2.48. The van der Waals surface area contributed by atoms with Crippen LogP contribution in [-0.2, 0) is 22.7 Å². The molecule has 8 nitrogen and oxygen atoms in total. The van der Waals surface area contributed by atoms with Gasteiger partial charge in [-0.05, 0) is 24.5 Å². The van der Waals surface area contributed by atoms with Crippen LogP contribution in [0.1, 0.15) is 41.3 Å². The molecule has 146 valence electrons. The van der Waals surface area contributed by atoms with Crippen molar-refractivity contribution in [1.29, 1.82) is 0 Å². The lowest BCUT2D eigenvalue weighted by Gasteiger charge is -2.29. The minimum absolute atomic E-state index is 0.149. The van der Waals surface area contributed by atoms with E-state index in [0.29, 0.717) is 38.2 Å². The van der Waals surface area contributed by atoms with Gasteiger partial charge in [0, 0.05) is 44.7 Å². The Kier molecular flexibility index (Phi) is 6.20. The van der Waals surface area contributed by atoms with E-state index in [-0.39, 0.29) is 24.3 Å². The van der Waals surface area contributed by atoms with Gasteiger partial charge in [-0.15, -0.1) is 0 Å². The van der Waals surface area contributed by atoms with Crippen LogP contribution in [0.25, 0.3) is 0 Å². The van der Waals surface area contributed by atoms with Gasteiger partial charge >= 0.3 is 0 Å². The van der Waals surface area contributed by atoms with Crippen molar-refractivity contribution >= 4 is 17.7 Å². The molecule has 2 unspecified atom stereocenters. The van der Waals surface area contributed by atoms with Crippen LogP contribution in [0.3, 0.4) is 0 Å². The number of hydrogen-bond acceptors (Lipinski definition) is 6. The molecule has 2 aliphatic heterocycles. The van der Waals surface area contributed by atoms with Gasteiger partial charge in [-0.25, -0.2) is 0 Å². The Balaban J connectivity index is 1.61. The first-order valence-electron chi connectivity index (χ1n) is 9.32. The van der Waals surface area contributed by atoms with Crippen LogP contribution >= 0.6 is 0 Å². The summed E-state index contributed by atoms with van der Waals surface area (Å²) in [6, 6.07) is 5.16. The monoisotopic (exact) mass is 374 g/mol. The summed E-state index contributed by atoms with van der Waals surface area (Å²) in [5, 5.41) is 18.0. The zero-order valence-corrected chi connectivity index (χ0v) is 15.5. The average Bonchev–Trinajstić information content (AvgIpc) is 2.95. The van der Waals surface area contributed by atoms with Crippen molar-refractivity contribution in [2.45, 2.75) is 45.0 Å². The van der Waals surface area contributed by atoms with Gasteiger partial charge in [-0.2, -0.15) is 0 Å². The molecule has 4 N–H and O–H groups in total. The Morgan fingerprint density at radius 2 is 2.04 bits per heavy atom. The first-order valence-corrected chi connectivity index (χ1v) is 9.32. The van der Waals surface area contributed by atoms with Gasteiger partial charge in [-0.1, -0.05) is 18.2 Å². The van der Waals surface area contributed by atoms with Crippen LogP contribution in [0.15, 0.2) is 18.2 Å². The van der Waals surface area contributed by atoms with Crippen molar-refractivity contribution in [3.8, 4) is 0 Å². The van der Waals surface area contributed by atoms with Crippen LogP contribution in [0, 0.1) is 0 Å². The maximum absolute atomic E-state index is 12.9. The Labute approximate surface area is 158 Å². The van der Waals surface area contributed by atoms with Crippen LogP contribution < -0.4 is 16.0 Å². The molecule has 0 bridgehead atoms.